The molecule has 1 saturated carbocycles. The van der Waals surface area contributed by atoms with E-state index in [1.807, 2.05) is 19.9 Å². The fourth-order valence-electron chi connectivity index (χ4n) is 2.37. The number of nitrogens with zero attached hydrogens (tertiary/aromatic N) is 2. The first-order chi connectivity index (χ1) is 8.07. The molecule has 0 radical (unpaired) electrons. The van der Waals surface area contributed by atoms with E-state index in [1.54, 1.807) is 0 Å². The van der Waals surface area contributed by atoms with Gasteiger partial charge in [0.05, 0.1) is 5.54 Å². The summed E-state index contributed by atoms with van der Waals surface area (Å²) in [6.07, 6.45) is 5.77. The largest absolute Gasteiger partial charge is 0.461 e. The maximum Gasteiger partial charge on any atom is 0.316 e. The van der Waals surface area contributed by atoms with Crippen molar-refractivity contribution in [2.75, 3.05) is 6.61 Å². The average molecular weight is 235 g/mol. The maximum absolute atomic E-state index is 6.30. The quantitative estimate of drug-likeness (QED) is 0.872. The Morgan fingerprint density at radius 1 is 1.18 bits per heavy atom. The molecule has 2 rings (SSSR count). The van der Waals surface area contributed by atoms with Crippen LogP contribution in [0.3, 0.4) is 0 Å². The molecule has 0 aliphatic heterocycles. The molecule has 0 amide bonds. The third-order valence-corrected chi connectivity index (χ3v) is 3.30. The van der Waals surface area contributed by atoms with Gasteiger partial charge in [0.1, 0.15) is 6.61 Å². The van der Waals surface area contributed by atoms with Gasteiger partial charge >= 0.3 is 6.01 Å². The van der Waals surface area contributed by atoms with Crippen LogP contribution >= 0.6 is 0 Å². The van der Waals surface area contributed by atoms with Crippen LogP contribution in [-0.4, -0.2) is 22.1 Å². The number of hydrogen-bond acceptors (Lipinski definition) is 4. The summed E-state index contributed by atoms with van der Waals surface area (Å²) in [4.78, 5) is 8.52. The first kappa shape index (κ1) is 12.3. The summed E-state index contributed by atoms with van der Waals surface area (Å²) in [5.74, 6) is 0. The molecule has 0 unspecified atom stereocenters. The molecule has 4 heteroatoms. The lowest BCUT2D eigenvalue weighted by atomic mass is 9.83. The summed E-state index contributed by atoms with van der Waals surface area (Å²) in [6, 6.07) is 2.39. The second-order valence-corrected chi connectivity index (χ2v) is 5.14. The lowest BCUT2D eigenvalue weighted by Crippen LogP contribution is -2.47. The van der Waals surface area contributed by atoms with E-state index < -0.39 is 0 Å². The van der Waals surface area contributed by atoms with Crippen molar-refractivity contribution in [1.29, 1.82) is 0 Å². The van der Waals surface area contributed by atoms with Gasteiger partial charge < -0.3 is 10.5 Å². The first-order valence-electron chi connectivity index (χ1n) is 6.31. The summed E-state index contributed by atoms with van der Waals surface area (Å²) < 4.78 is 5.66. The normalized spacial score (nSPS) is 19.0. The Kier molecular flexibility index (Phi) is 3.62. The zero-order chi connectivity index (χ0) is 12.3. The Hall–Kier alpha value is -1.16. The minimum Gasteiger partial charge on any atom is -0.461 e. The SMILES string of the molecule is Cc1cc(C)nc(OCC2(N)CCCCC2)n1. The topological polar surface area (TPSA) is 61.0 Å². The minimum atomic E-state index is -0.181. The van der Waals surface area contributed by atoms with Crippen molar-refractivity contribution in [2.45, 2.75) is 51.5 Å². The van der Waals surface area contributed by atoms with E-state index in [0.29, 0.717) is 12.6 Å². The molecular formula is C13H21N3O. The van der Waals surface area contributed by atoms with Crippen LogP contribution in [0.1, 0.15) is 43.5 Å². The third-order valence-electron chi connectivity index (χ3n) is 3.30. The zero-order valence-electron chi connectivity index (χ0n) is 10.7. The molecule has 2 N–H and O–H groups in total. The summed E-state index contributed by atoms with van der Waals surface area (Å²) >= 11 is 0. The second-order valence-electron chi connectivity index (χ2n) is 5.14. The molecule has 0 aromatic carbocycles. The molecule has 17 heavy (non-hydrogen) atoms. The molecule has 1 heterocycles. The molecule has 0 saturated heterocycles. The summed E-state index contributed by atoms with van der Waals surface area (Å²) in [6.45, 7) is 4.41. The van der Waals surface area contributed by atoms with Gasteiger partial charge in [0.2, 0.25) is 0 Å². The van der Waals surface area contributed by atoms with E-state index in [4.69, 9.17) is 10.5 Å². The van der Waals surface area contributed by atoms with Gasteiger partial charge in [0.25, 0.3) is 0 Å². The molecule has 0 spiro atoms. The molecule has 1 aliphatic carbocycles. The highest BCUT2D eigenvalue weighted by Gasteiger charge is 2.28. The first-order valence-corrected chi connectivity index (χ1v) is 6.31. The van der Waals surface area contributed by atoms with Crippen molar-refractivity contribution >= 4 is 0 Å². The van der Waals surface area contributed by atoms with E-state index in [2.05, 4.69) is 9.97 Å². The van der Waals surface area contributed by atoms with Crippen LogP contribution in [0.5, 0.6) is 6.01 Å². The van der Waals surface area contributed by atoms with E-state index in [1.165, 1.54) is 19.3 Å². The second kappa shape index (κ2) is 5.00. The third kappa shape index (κ3) is 3.40. The van der Waals surface area contributed by atoms with Crippen LogP contribution in [0, 0.1) is 13.8 Å². The molecule has 1 fully saturated rings. The molecule has 1 aromatic heterocycles. The van der Waals surface area contributed by atoms with Crippen molar-refractivity contribution in [1.82, 2.24) is 9.97 Å². The molecule has 0 atom stereocenters. The molecule has 0 bridgehead atoms. The van der Waals surface area contributed by atoms with Gasteiger partial charge in [0, 0.05) is 11.4 Å². The van der Waals surface area contributed by atoms with Crippen molar-refractivity contribution in [3.8, 4) is 6.01 Å². The summed E-state index contributed by atoms with van der Waals surface area (Å²) in [7, 11) is 0. The van der Waals surface area contributed by atoms with Crippen molar-refractivity contribution in [3.63, 3.8) is 0 Å². The van der Waals surface area contributed by atoms with E-state index in [0.717, 1.165) is 24.2 Å². The number of rotatable bonds is 3. The van der Waals surface area contributed by atoms with Crippen LogP contribution < -0.4 is 10.5 Å². The van der Waals surface area contributed by atoms with Gasteiger partial charge in [-0.2, -0.15) is 0 Å². The van der Waals surface area contributed by atoms with Crippen LogP contribution in [0.4, 0.5) is 0 Å². The monoisotopic (exact) mass is 235 g/mol. The summed E-state index contributed by atoms with van der Waals surface area (Å²) in [5.41, 5.74) is 7.99. The van der Waals surface area contributed by atoms with Crippen LogP contribution in [0.15, 0.2) is 6.07 Å². The molecule has 1 aliphatic rings. The number of nitrogens with two attached hydrogens (primary N) is 1. The molecule has 4 nitrogen and oxygen atoms in total. The number of ether oxygens (including phenoxy) is 1. The van der Waals surface area contributed by atoms with Gasteiger partial charge in [-0.05, 0) is 32.8 Å². The molecule has 1 aromatic rings. The highest BCUT2D eigenvalue weighted by Crippen LogP contribution is 2.26. The Morgan fingerprint density at radius 2 is 1.76 bits per heavy atom. The maximum atomic E-state index is 6.30. The van der Waals surface area contributed by atoms with E-state index >= 15 is 0 Å². The Morgan fingerprint density at radius 3 is 2.35 bits per heavy atom. The minimum absolute atomic E-state index is 0.181. The van der Waals surface area contributed by atoms with Crippen molar-refractivity contribution in [3.05, 3.63) is 17.5 Å². The van der Waals surface area contributed by atoms with Crippen molar-refractivity contribution < 1.29 is 4.74 Å². The molecule has 94 valence electrons. The van der Waals surface area contributed by atoms with Gasteiger partial charge in [-0.15, -0.1) is 0 Å². The Labute approximate surface area is 103 Å². The lowest BCUT2D eigenvalue weighted by molar-refractivity contribution is 0.163. The number of aromatic nitrogens is 2. The predicted molar refractivity (Wildman–Crippen MR) is 67.0 cm³/mol. The Balaban J connectivity index is 1.96. The zero-order valence-corrected chi connectivity index (χ0v) is 10.7. The van der Waals surface area contributed by atoms with Gasteiger partial charge in [-0.3, -0.25) is 0 Å². The van der Waals surface area contributed by atoms with Gasteiger partial charge in [-0.1, -0.05) is 19.3 Å². The van der Waals surface area contributed by atoms with Crippen LogP contribution in [-0.2, 0) is 0 Å². The highest BCUT2D eigenvalue weighted by molar-refractivity contribution is 5.11. The number of hydrogen-bond donors (Lipinski definition) is 1. The van der Waals surface area contributed by atoms with Gasteiger partial charge in [0.15, 0.2) is 0 Å². The molecular weight excluding hydrogens is 214 g/mol. The highest BCUT2D eigenvalue weighted by atomic mass is 16.5. The van der Waals surface area contributed by atoms with Crippen molar-refractivity contribution in [2.24, 2.45) is 5.73 Å². The van der Waals surface area contributed by atoms with E-state index in [9.17, 15) is 0 Å². The van der Waals surface area contributed by atoms with E-state index in [-0.39, 0.29) is 5.54 Å². The average Bonchev–Trinajstić information content (AvgIpc) is 2.26. The fraction of sp³-hybridized carbons (Fsp3) is 0.692. The Bertz CT molecular complexity index is 366. The predicted octanol–water partition coefficient (Wildman–Crippen LogP) is 2.13. The van der Waals surface area contributed by atoms with Crippen LogP contribution in [0.2, 0.25) is 0 Å². The smallest absolute Gasteiger partial charge is 0.316 e. The summed E-state index contributed by atoms with van der Waals surface area (Å²) in [5, 5.41) is 0. The fourth-order valence-corrected chi connectivity index (χ4v) is 2.37. The standard InChI is InChI=1S/C13H21N3O/c1-10-8-11(2)16-12(15-10)17-9-13(14)6-4-3-5-7-13/h8H,3-7,9,14H2,1-2H3. The lowest BCUT2D eigenvalue weighted by Gasteiger charge is -2.32. The number of aryl methyl sites for hydroxylation is 2. The van der Waals surface area contributed by atoms with Gasteiger partial charge in [-0.25, -0.2) is 9.97 Å². The van der Waals surface area contributed by atoms with Crippen LogP contribution in [0.25, 0.3) is 0 Å².